The van der Waals surface area contributed by atoms with Gasteiger partial charge in [-0.1, -0.05) is 48.9 Å². The topological polar surface area (TPSA) is 54.8 Å². The number of carbonyl (C=O) groups excluding carboxylic acids is 1. The summed E-state index contributed by atoms with van der Waals surface area (Å²) in [5.41, 5.74) is 3.45. The number of carbonyl (C=O) groups is 1. The molecular weight excluding hydrogens is 374 g/mol. The van der Waals surface area contributed by atoms with Crippen molar-refractivity contribution in [2.75, 3.05) is 7.11 Å². The molecule has 28 heavy (non-hydrogen) atoms. The van der Waals surface area contributed by atoms with Gasteiger partial charge in [0.1, 0.15) is 10.9 Å². The smallest absolute Gasteiger partial charge is 0.242 e. The van der Waals surface area contributed by atoms with Crippen LogP contribution >= 0.6 is 11.6 Å². The molecule has 2 heterocycles. The summed E-state index contributed by atoms with van der Waals surface area (Å²) in [6.45, 7) is 1.83. The molecule has 0 saturated heterocycles. The molecule has 2 aromatic carbocycles. The van der Waals surface area contributed by atoms with Crippen LogP contribution in [0.1, 0.15) is 36.9 Å². The first-order chi connectivity index (χ1) is 13.6. The molecule has 1 aromatic heterocycles. The standard InChI is InChI=1S/C22H20ClN3O2/c1-3-21(27)26-20(13-19(25-26)14-7-5-4-6-8-14)17-12-15-11-16(28-2)9-10-18(15)24-22(17)23/h4-12,20H,3,13H2,1-2H3. The molecule has 1 unspecified atom stereocenters. The van der Waals surface area contributed by atoms with E-state index >= 15 is 0 Å². The summed E-state index contributed by atoms with van der Waals surface area (Å²) in [6, 6.07) is 17.2. The van der Waals surface area contributed by atoms with Gasteiger partial charge in [-0.15, -0.1) is 0 Å². The van der Waals surface area contributed by atoms with Gasteiger partial charge in [0.2, 0.25) is 5.91 Å². The number of methoxy groups -OCH3 is 1. The van der Waals surface area contributed by atoms with E-state index in [-0.39, 0.29) is 11.9 Å². The minimum absolute atomic E-state index is 0.0438. The maximum Gasteiger partial charge on any atom is 0.242 e. The van der Waals surface area contributed by atoms with Crippen molar-refractivity contribution in [2.45, 2.75) is 25.8 Å². The maximum atomic E-state index is 12.6. The van der Waals surface area contributed by atoms with E-state index in [0.717, 1.165) is 33.5 Å². The van der Waals surface area contributed by atoms with Gasteiger partial charge in [-0.05, 0) is 29.8 Å². The number of aromatic nitrogens is 1. The van der Waals surface area contributed by atoms with E-state index in [4.69, 9.17) is 16.3 Å². The number of rotatable bonds is 4. The number of amides is 1. The van der Waals surface area contributed by atoms with E-state index in [1.807, 2.05) is 61.5 Å². The normalized spacial score (nSPS) is 16.3. The van der Waals surface area contributed by atoms with Gasteiger partial charge in [0.05, 0.1) is 24.4 Å². The number of hydrazone groups is 1. The van der Waals surface area contributed by atoms with Gasteiger partial charge >= 0.3 is 0 Å². The lowest BCUT2D eigenvalue weighted by Crippen LogP contribution is -2.26. The van der Waals surface area contributed by atoms with E-state index < -0.39 is 0 Å². The Morgan fingerprint density at radius 1 is 1.21 bits per heavy atom. The van der Waals surface area contributed by atoms with Crippen LogP contribution in [0.3, 0.4) is 0 Å². The SMILES string of the molecule is CCC(=O)N1N=C(c2ccccc2)CC1c1cc2cc(OC)ccc2nc1Cl. The van der Waals surface area contributed by atoms with Crippen LogP contribution < -0.4 is 4.74 Å². The number of hydrogen-bond acceptors (Lipinski definition) is 4. The Morgan fingerprint density at radius 3 is 2.71 bits per heavy atom. The Morgan fingerprint density at radius 2 is 2.00 bits per heavy atom. The summed E-state index contributed by atoms with van der Waals surface area (Å²) >= 11 is 6.53. The number of hydrogen-bond donors (Lipinski definition) is 0. The van der Waals surface area contributed by atoms with Crippen LogP contribution in [0.5, 0.6) is 5.75 Å². The summed E-state index contributed by atoms with van der Waals surface area (Å²) in [5, 5.41) is 7.49. The third-order valence-corrected chi connectivity index (χ3v) is 5.24. The third kappa shape index (κ3) is 3.34. The van der Waals surface area contributed by atoms with Crippen LogP contribution in [-0.2, 0) is 4.79 Å². The second-order valence-corrected chi connectivity index (χ2v) is 7.01. The lowest BCUT2D eigenvalue weighted by atomic mass is 9.98. The molecule has 0 saturated carbocycles. The van der Waals surface area contributed by atoms with Crippen molar-refractivity contribution < 1.29 is 9.53 Å². The average molecular weight is 394 g/mol. The van der Waals surface area contributed by atoms with Crippen molar-refractivity contribution in [1.29, 1.82) is 0 Å². The monoisotopic (exact) mass is 393 g/mol. The first-order valence-electron chi connectivity index (χ1n) is 9.20. The lowest BCUT2D eigenvalue weighted by molar-refractivity contribution is -0.132. The molecule has 0 aliphatic carbocycles. The largest absolute Gasteiger partial charge is 0.497 e. The van der Waals surface area contributed by atoms with Crippen LogP contribution in [0.15, 0.2) is 59.7 Å². The van der Waals surface area contributed by atoms with Crippen LogP contribution in [-0.4, -0.2) is 28.7 Å². The molecule has 3 aromatic rings. The zero-order chi connectivity index (χ0) is 19.7. The number of benzene rings is 2. The van der Waals surface area contributed by atoms with Crippen molar-refractivity contribution in [1.82, 2.24) is 9.99 Å². The van der Waals surface area contributed by atoms with Crippen LogP contribution in [0.4, 0.5) is 0 Å². The number of pyridine rings is 1. The van der Waals surface area contributed by atoms with Gasteiger partial charge in [-0.2, -0.15) is 5.10 Å². The van der Waals surface area contributed by atoms with E-state index in [0.29, 0.717) is 18.0 Å². The number of fused-ring (bicyclic) bond motifs is 1. The van der Waals surface area contributed by atoms with Crippen LogP contribution in [0, 0.1) is 0 Å². The van der Waals surface area contributed by atoms with E-state index in [2.05, 4.69) is 10.1 Å². The molecule has 0 bridgehead atoms. The molecule has 1 aliphatic rings. The van der Waals surface area contributed by atoms with Crippen LogP contribution in [0.2, 0.25) is 5.15 Å². The zero-order valence-corrected chi connectivity index (χ0v) is 16.5. The number of ether oxygens (including phenoxy) is 1. The van der Waals surface area contributed by atoms with Crippen molar-refractivity contribution in [3.63, 3.8) is 0 Å². The molecule has 1 atom stereocenters. The van der Waals surface area contributed by atoms with Crippen molar-refractivity contribution in [3.05, 3.63) is 70.9 Å². The first kappa shape index (κ1) is 18.4. The molecule has 142 valence electrons. The van der Waals surface area contributed by atoms with Gasteiger partial charge in [-0.25, -0.2) is 9.99 Å². The Kier molecular flexibility index (Phi) is 5.01. The lowest BCUT2D eigenvalue weighted by Gasteiger charge is -2.22. The summed E-state index contributed by atoms with van der Waals surface area (Å²) < 4.78 is 5.32. The highest BCUT2D eigenvalue weighted by Gasteiger charge is 2.34. The van der Waals surface area contributed by atoms with Gasteiger partial charge in [-0.3, -0.25) is 4.79 Å². The Labute approximate surface area is 168 Å². The first-order valence-corrected chi connectivity index (χ1v) is 9.57. The molecule has 0 radical (unpaired) electrons. The number of halogens is 1. The van der Waals surface area contributed by atoms with E-state index in [1.54, 1.807) is 12.1 Å². The fourth-order valence-corrected chi connectivity index (χ4v) is 3.73. The molecule has 4 rings (SSSR count). The van der Waals surface area contributed by atoms with Crippen molar-refractivity contribution >= 4 is 34.1 Å². The second kappa shape index (κ2) is 7.60. The quantitative estimate of drug-likeness (QED) is 0.587. The average Bonchev–Trinajstić information content (AvgIpc) is 3.18. The minimum atomic E-state index is -0.279. The fourth-order valence-electron chi connectivity index (χ4n) is 3.46. The molecule has 1 aliphatic heterocycles. The molecule has 0 fully saturated rings. The predicted molar refractivity (Wildman–Crippen MR) is 111 cm³/mol. The predicted octanol–water partition coefficient (Wildman–Crippen LogP) is 4.98. The highest BCUT2D eigenvalue weighted by molar-refractivity contribution is 6.30. The van der Waals surface area contributed by atoms with Gasteiger partial charge < -0.3 is 4.74 Å². The van der Waals surface area contributed by atoms with Gasteiger partial charge in [0.25, 0.3) is 0 Å². The third-order valence-electron chi connectivity index (χ3n) is 4.94. The maximum absolute atomic E-state index is 12.6. The van der Waals surface area contributed by atoms with Crippen LogP contribution in [0.25, 0.3) is 10.9 Å². The van der Waals surface area contributed by atoms with Crippen molar-refractivity contribution in [2.24, 2.45) is 5.10 Å². The molecular formula is C22H20ClN3O2. The fraction of sp³-hybridized carbons (Fsp3) is 0.227. The Hall–Kier alpha value is -2.92. The Balaban J connectivity index is 1.78. The van der Waals surface area contributed by atoms with E-state index in [9.17, 15) is 4.79 Å². The number of nitrogens with zero attached hydrogens (tertiary/aromatic N) is 3. The molecule has 0 spiro atoms. The molecule has 5 nitrogen and oxygen atoms in total. The van der Waals surface area contributed by atoms with Gasteiger partial charge in [0, 0.05) is 23.8 Å². The highest BCUT2D eigenvalue weighted by atomic mass is 35.5. The highest BCUT2D eigenvalue weighted by Crippen LogP contribution is 2.37. The summed E-state index contributed by atoms with van der Waals surface area (Å²) in [5.74, 6) is 0.703. The van der Waals surface area contributed by atoms with E-state index in [1.165, 1.54) is 0 Å². The second-order valence-electron chi connectivity index (χ2n) is 6.65. The Bertz CT molecular complexity index is 1070. The summed E-state index contributed by atoms with van der Waals surface area (Å²) in [4.78, 5) is 17.1. The van der Waals surface area contributed by atoms with Gasteiger partial charge in [0.15, 0.2) is 0 Å². The molecule has 1 amide bonds. The molecule has 0 N–H and O–H groups in total. The zero-order valence-electron chi connectivity index (χ0n) is 15.7. The summed E-state index contributed by atoms with van der Waals surface area (Å²) in [6.07, 6.45) is 0.959. The molecule has 6 heteroatoms. The van der Waals surface area contributed by atoms with Crippen molar-refractivity contribution in [3.8, 4) is 5.75 Å². The minimum Gasteiger partial charge on any atom is -0.497 e. The summed E-state index contributed by atoms with van der Waals surface area (Å²) in [7, 11) is 1.63.